The zero-order valence-corrected chi connectivity index (χ0v) is 38.5. The molecule has 4 heteroatoms. The van der Waals surface area contributed by atoms with E-state index in [-0.39, 0.29) is 0 Å². The lowest BCUT2D eigenvalue weighted by atomic mass is 9.70. The molecule has 0 bridgehead atoms. The van der Waals surface area contributed by atoms with E-state index in [9.17, 15) is 0 Å². The van der Waals surface area contributed by atoms with Gasteiger partial charge in [0.2, 0.25) is 0 Å². The highest BCUT2D eigenvalue weighted by atomic mass is 16.3. The van der Waals surface area contributed by atoms with Gasteiger partial charge in [-0.15, -0.1) is 0 Å². The lowest BCUT2D eigenvalue weighted by Gasteiger charge is -2.30. The maximum absolute atomic E-state index is 7.29. The molecule has 0 fully saturated rings. The summed E-state index contributed by atoms with van der Waals surface area (Å²) in [5.41, 5.74) is 21.4. The van der Waals surface area contributed by atoms with E-state index < -0.39 is 5.41 Å². The zero-order chi connectivity index (χ0) is 46.6. The largest absolute Gasteiger partial charge is 0.454 e. The summed E-state index contributed by atoms with van der Waals surface area (Å²) in [5.74, 6) is 0. The summed E-state index contributed by atoms with van der Waals surface area (Å²) in [6.07, 6.45) is 0. The molecular weight excluding hydrogens is 865 g/mol. The number of furan rings is 2. The van der Waals surface area contributed by atoms with Crippen molar-refractivity contribution in [2.24, 2.45) is 0 Å². The number of fused-ring (bicyclic) bond motifs is 17. The van der Waals surface area contributed by atoms with E-state index >= 15 is 0 Å². The molecule has 11 aromatic carbocycles. The Morgan fingerprint density at radius 3 is 1.51 bits per heavy atom. The van der Waals surface area contributed by atoms with Crippen molar-refractivity contribution in [1.29, 1.82) is 0 Å². The van der Waals surface area contributed by atoms with Gasteiger partial charge < -0.3 is 18.6 Å². The number of para-hydroxylation sites is 4. The Hall–Kier alpha value is -9.38. The second-order valence-electron chi connectivity index (χ2n) is 18.7. The molecule has 0 atom stereocenters. The summed E-state index contributed by atoms with van der Waals surface area (Å²) in [4.78, 5) is 4.66. The lowest BCUT2D eigenvalue weighted by Crippen LogP contribution is -2.25. The van der Waals surface area contributed by atoms with Crippen molar-refractivity contribution >= 4 is 78.0 Å². The van der Waals surface area contributed by atoms with E-state index in [0.717, 1.165) is 78.0 Å². The number of hydrogen-bond donors (Lipinski definition) is 0. The Kier molecular flexibility index (Phi) is 8.54. The van der Waals surface area contributed by atoms with Crippen molar-refractivity contribution in [2.45, 2.75) is 5.41 Å². The zero-order valence-electron chi connectivity index (χ0n) is 38.5. The third-order valence-electron chi connectivity index (χ3n) is 15.1. The average Bonchev–Trinajstić information content (AvgIpc) is 4.19. The second-order valence-corrected chi connectivity index (χ2v) is 18.7. The molecule has 332 valence electrons. The third-order valence-corrected chi connectivity index (χ3v) is 15.1. The maximum Gasteiger partial charge on any atom is 0.159 e. The van der Waals surface area contributed by atoms with E-state index in [1.807, 2.05) is 6.07 Å². The molecule has 0 amide bonds. The summed E-state index contributed by atoms with van der Waals surface area (Å²) >= 11 is 0. The van der Waals surface area contributed by atoms with Gasteiger partial charge in [-0.25, -0.2) is 0 Å². The van der Waals surface area contributed by atoms with Gasteiger partial charge in [0, 0.05) is 44.3 Å². The molecule has 1 spiro atoms. The first kappa shape index (κ1) is 39.6. The maximum atomic E-state index is 7.29. The Labute approximate surface area is 410 Å². The predicted octanol–water partition coefficient (Wildman–Crippen LogP) is 18.4. The van der Waals surface area contributed by atoms with Crippen molar-refractivity contribution < 1.29 is 8.83 Å². The van der Waals surface area contributed by atoms with Gasteiger partial charge in [0.25, 0.3) is 0 Å². The molecule has 4 nitrogen and oxygen atoms in total. The van der Waals surface area contributed by atoms with E-state index in [0.29, 0.717) is 0 Å². The van der Waals surface area contributed by atoms with Crippen LogP contribution in [-0.2, 0) is 5.41 Å². The third kappa shape index (κ3) is 5.67. The molecule has 2 aliphatic rings. The SMILES string of the molecule is c1ccc(-c2ccc(N(c3ccccc3)c3cccc(N(c4cccc5c4oc4ccccc45)c4cccc5c4oc4ccc6c(c45)-c4ccccc4C64c5ccccc5-c5ccccc54)c3)cc2)cc1. The fourth-order valence-corrected chi connectivity index (χ4v) is 12.2. The molecule has 71 heavy (non-hydrogen) atoms. The van der Waals surface area contributed by atoms with Crippen LogP contribution < -0.4 is 9.80 Å². The molecule has 0 saturated carbocycles. The van der Waals surface area contributed by atoms with Crippen LogP contribution >= 0.6 is 0 Å². The highest BCUT2D eigenvalue weighted by Crippen LogP contribution is 2.64. The molecule has 2 aromatic heterocycles. The summed E-state index contributed by atoms with van der Waals surface area (Å²) < 4.78 is 14.2. The molecule has 2 heterocycles. The van der Waals surface area contributed by atoms with Crippen LogP contribution in [-0.4, -0.2) is 0 Å². The van der Waals surface area contributed by atoms with Crippen LogP contribution in [0.4, 0.5) is 34.1 Å². The molecule has 0 unspecified atom stereocenters. The molecule has 0 aliphatic heterocycles. The Morgan fingerprint density at radius 1 is 0.296 bits per heavy atom. The van der Waals surface area contributed by atoms with Gasteiger partial charge in [-0.1, -0.05) is 188 Å². The molecule has 13 aromatic rings. The van der Waals surface area contributed by atoms with Crippen LogP contribution in [0.5, 0.6) is 0 Å². The van der Waals surface area contributed by atoms with Crippen molar-refractivity contribution in [3.8, 4) is 33.4 Å². The van der Waals surface area contributed by atoms with E-state index in [1.54, 1.807) is 0 Å². The molecule has 2 aliphatic carbocycles. The Balaban J connectivity index is 0.969. The lowest BCUT2D eigenvalue weighted by molar-refractivity contribution is 0.666. The summed E-state index contributed by atoms with van der Waals surface area (Å²) in [6, 6.07) is 91.8. The minimum atomic E-state index is -0.468. The minimum absolute atomic E-state index is 0.468. The molecule has 15 rings (SSSR count). The Bertz CT molecular complexity index is 4200. The number of anilines is 6. The van der Waals surface area contributed by atoms with Crippen molar-refractivity contribution in [2.75, 3.05) is 9.80 Å². The summed E-state index contributed by atoms with van der Waals surface area (Å²) in [5, 5.41) is 4.31. The first-order chi connectivity index (χ1) is 35.2. The number of hydrogen-bond acceptors (Lipinski definition) is 4. The van der Waals surface area contributed by atoms with Crippen molar-refractivity contribution in [3.05, 3.63) is 277 Å². The summed E-state index contributed by atoms with van der Waals surface area (Å²) in [6.45, 7) is 0. The van der Waals surface area contributed by atoms with Gasteiger partial charge in [0.1, 0.15) is 11.2 Å². The van der Waals surface area contributed by atoms with Gasteiger partial charge in [-0.2, -0.15) is 0 Å². The van der Waals surface area contributed by atoms with Gasteiger partial charge in [0.05, 0.1) is 16.8 Å². The monoisotopic (exact) mass is 906 g/mol. The Morgan fingerprint density at radius 2 is 0.789 bits per heavy atom. The highest BCUT2D eigenvalue weighted by Gasteiger charge is 2.52. The highest BCUT2D eigenvalue weighted by molar-refractivity contribution is 6.19. The van der Waals surface area contributed by atoms with Crippen LogP contribution in [0.1, 0.15) is 22.3 Å². The van der Waals surface area contributed by atoms with Crippen molar-refractivity contribution in [1.82, 2.24) is 0 Å². The predicted molar refractivity (Wildman–Crippen MR) is 292 cm³/mol. The smallest absolute Gasteiger partial charge is 0.159 e. The average molecular weight is 907 g/mol. The topological polar surface area (TPSA) is 32.8 Å². The quantitative estimate of drug-likeness (QED) is 0.160. The number of benzene rings is 11. The second kappa shape index (κ2) is 15.3. The fraction of sp³-hybridized carbons (Fsp3) is 0.0149. The van der Waals surface area contributed by atoms with Crippen LogP contribution in [0.15, 0.2) is 264 Å². The normalized spacial score (nSPS) is 12.9. The molecule has 0 radical (unpaired) electrons. The van der Waals surface area contributed by atoms with E-state index in [2.05, 4.69) is 259 Å². The van der Waals surface area contributed by atoms with Crippen LogP contribution in [0, 0.1) is 0 Å². The summed E-state index contributed by atoms with van der Waals surface area (Å²) in [7, 11) is 0. The van der Waals surface area contributed by atoms with Gasteiger partial charge >= 0.3 is 0 Å². The van der Waals surface area contributed by atoms with E-state index in [1.165, 1.54) is 55.6 Å². The molecule has 0 saturated heterocycles. The van der Waals surface area contributed by atoms with Crippen LogP contribution in [0.3, 0.4) is 0 Å². The van der Waals surface area contributed by atoms with Gasteiger partial charge in [-0.05, 0) is 122 Å². The fourth-order valence-electron chi connectivity index (χ4n) is 12.2. The first-order valence-corrected chi connectivity index (χ1v) is 24.3. The molecule has 0 N–H and O–H groups in total. The van der Waals surface area contributed by atoms with Crippen LogP contribution in [0.2, 0.25) is 0 Å². The number of nitrogens with zero attached hydrogens (tertiary/aromatic N) is 2. The van der Waals surface area contributed by atoms with Crippen LogP contribution in [0.25, 0.3) is 77.3 Å². The van der Waals surface area contributed by atoms with E-state index in [4.69, 9.17) is 8.83 Å². The first-order valence-electron chi connectivity index (χ1n) is 24.3. The number of rotatable bonds is 7. The van der Waals surface area contributed by atoms with Gasteiger partial charge in [0.15, 0.2) is 11.2 Å². The van der Waals surface area contributed by atoms with Crippen molar-refractivity contribution in [3.63, 3.8) is 0 Å². The molecular formula is C67H42N2O2. The van der Waals surface area contributed by atoms with Gasteiger partial charge in [-0.3, -0.25) is 0 Å². The minimum Gasteiger partial charge on any atom is -0.454 e. The standard InChI is InChI=1S/C67H42N2O2/c1-3-18-43(19-4-1)44-36-38-46(39-37-44)68(45-20-5-2-6-21-45)47-22-15-23-48(42-47)69(59-33-16-28-52-51-26-10-14-35-61(51)70-65(52)59)60-34-17-29-54-64-62(71-66(54)60)41-40-58-63(64)53-27-9-13-32-57(53)67(58)55-30-11-7-24-49(55)50-25-8-12-31-56(50)67/h1-42H.